The SMILES string of the molecule is O=C(C=CSc1ccccc1)NCc1nc2ccccc2[nH]1. The lowest BCUT2D eigenvalue weighted by atomic mass is 10.3. The summed E-state index contributed by atoms with van der Waals surface area (Å²) in [4.78, 5) is 20.5. The molecule has 0 aliphatic rings. The minimum Gasteiger partial charge on any atom is -0.345 e. The number of aromatic nitrogens is 2. The van der Waals surface area contributed by atoms with Gasteiger partial charge in [0, 0.05) is 11.0 Å². The topological polar surface area (TPSA) is 57.8 Å². The third-order valence-corrected chi connectivity index (χ3v) is 3.85. The molecule has 1 aromatic heterocycles. The van der Waals surface area contributed by atoms with Crippen LogP contribution in [0.3, 0.4) is 0 Å². The number of nitrogens with zero attached hydrogens (tertiary/aromatic N) is 1. The molecule has 0 fully saturated rings. The van der Waals surface area contributed by atoms with Gasteiger partial charge in [-0.1, -0.05) is 42.1 Å². The fourth-order valence-corrected chi connectivity index (χ4v) is 2.66. The number of hydrogen-bond donors (Lipinski definition) is 2. The van der Waals surface area contributed by atoms with Crippen molar-refractivity contribution >= 4 is 28.7 Å². The van der Waals surface area contributed by atoms with Gasteiger partial charge in [-0.25, -0.2) is 4.98 Å². The summed E-state index contributed by atoms with van der Waals surface area (Å²) in [5.41, 5.74) is 1.88. The van der Waals surface area contributed by atoms with Crippen molar-refractivity contribution < 1.29 is 4.79 Å². The zero-order valence-corrected chi connectivity index (χ0v) is 12.6. The average Bonchev–Trinajstić information content (AvgIpc) is 2.97. The van der Waals surface area contributed by atoms with Crippen LogP contribution < -0.4 is 5.32 Å². The molecule has 0 atom stereocenters. The number of thioether (sulfide) groups is 1. The van der Waals surface area contributed by atoms with Crippen LogP contribution in [0, 0.1) is 0 Å². The van der Waals surface area contributed by atoms with E-state index in [1.165, 1.54) is 17.8 Å². The Kier molecular flexibility index (Phi) is 4.56. The molecule has 0 spiro atoms. The van der Waals surface area contributed by atoms with E-state index in [4.69, 9.17) is 0 Å². The van der Waals surface area contributed by atoms with Gasteiger partial charge in [0.05, 0.1) is 17.6 Å². The van der Waals surface area contributed by atoms with E-state index in [0.29, 0.717) is 6.54 Å². The number of rotatable bonds is 5. The highest BCUT2D eigenvalue weighted by molar-refractivity contribution is 8.02. The van der Waals surface area contributed by atoms with Gasteiger partial charge in [0.2, 0.25) is 5.91 Å². The molecule has 4 nitrogen and oxygen atoms in total. The highest BCUT2D eigenvalue weighted by Crippen LogP contribution is 2.17. The summed E-state index contributed by atoms with van der Waals surface area (Å²) < 4.78 is 0. The number of nitrogens with one attached hydrogen (secondary N) is 2. The summed E-state index contributed by atoms with van der Waals surface area (Å²) in [6.45, 7) is 0.383. The summed E-state index contributed by atoms with van der Waals surface area (Å²) in [6, 6.07) is 17.7. The highest BCUT2D eigenvalue weighted by Gasteiger charge is 2.02. The predicted molar refractivity (Wildman–Crippen MR) is 89.4 cm³/mol. The zero-order chi connectivity index (χ0) is 15.2. The van der Waals surface area contributed by atoms with Crippen LogP contribution in [0.25, 0.3) is 11.0 Å². The monoisotopic (exact) mass is 309 g/mol. The van der Waals surface area contributed by atoms with Crippen LogP contribution in [0.5, 0.6) is 0 Å². The van der Waals surface area contributed by atoms with Gasteiger partial charge in [-0.15, -0.1) is 0 Å². The largest absolute Gasteiger partial charge is 0.345 e. The van der Waals surface area contributed by atoms with Crippen molar-refractivity contribution in [3.05, 3.63) is 71.9 Å². The molecule has 2 N–H and O–H groups in total. The molecule has 5 heteroatoms. The van der Waals surface area contributed by atoms with Crippen LogP contribution in [0.15, 0.2) is 71.0 Å². The van der Waals surface area contributed by atoms with Crippen LogP contribution in [0.4, 0.5) is 0 Å². The first-order valence-electron chi connectivity index (χ1n) is 6.91. The molecule has 22 heavy (non-hydrogen) atoms. The Hall–Kier alpha value is -2.53. The van der Waals surface area contributed by atoms with Crippen LogP contribution in [-0.4, -0.2) is 15.9 Å². The first-order chi connectivity index (χ1) is 10.8. The first kappa shape index (κ1) is 14.4. The lowest BCUT2D eigenvalue weighted by Gasteiger charge is -1.98. The Morgan fingerprint density at radius 2 is 1.91 bits per heavy atom. The number of fused-ring (bicyclic) bond motifs is 1. The van der Waals surface area contributed by atoms with Gasteiger partial charge in [-0.3, -0.25) is 4.79 Å². The molecule has 1 amide bonds. The Labute approximate surface area is 132 Å². The van der Waals surface area contributed by atoms with E-state index in [-0.39, 0.29) is 5.91 Å². The number of carbonyl (C=O) groups is 1. The number of benzene rings is 2. The fourth-order valence-electron chi connectivity index (χ4n) is 1.99. The number of para-hydroxylation sites is 2. The molecule has 0 bridgehead atoms. The van der Waals surface area contributed by atoms with Crippen LogP contribution in [0.2, 0.25) is 0 Å². The van der Waals surface area contributed by atoms with Gasteiger partial charge in [-0.05, 0) is 29.7 Å². The molecule has 0 saturated heterocycles. The molecule has 110 valence electrons. The van der Waals surface area contributed by atoms with E-state index in [9.17, 15) is 4.79 Å². The van der Waals surface area contributed by atoms with Crippen molar-refractivity contribution in [2.45, 2.75) is 11.4 Å². The van der Waals surface area contributed by atoms with Gasteiger partial charge in [0.1, 0.15) is 5.82 Å². The second kappa shape index (κ2) is 6.95. The van der Waals surface area contributed by atoms with E-state index < -0.39 is 0 Å². The van der Waals surface area contributed by atoms with Crippen molar-refractivity contribution in [1.82, 2.24) is 15.3 Å². The minimum atomic E-state index is -0.135. The summed E-state index contributed by atoms with van der Waals surface area (Å²) in [6.07, 6.45) is 1.53. The second-order valence-corrected chi connectivity index (χ2v) is 5.63. The maximum atomic E-state index is 11.8. The van der Waals surface area contributed by atoms with E-state index in [1.807, 2.05) is 54.6 Å². The average molecular weight is 309 g/mol. The van der Waals surface area contributed by atoms with Gasteiger partial charge >= 0.3 is 0 Å². The smallest absolute Gasteiger partial charge is 0.244 e. The van der Waals surface area contributed by atoms with Gasteiger partial charge in [0.15, 0.2) is 0 Å². The van der Waals surface area contributed by atoms with Crippen LogP contribution in [0.1, 0.15) is 5.82 Å². The lowest BCUT2D eigenvalue weighted by Crippen LogP contribution is -2.20. The highest BCUT2D eigenvalue weighted by atomic mass is 32.2. The number of hydrogen-bond acceptors (Lipinski definition) is 3. The Morgan fingerprint density at radius 1 is 1.14 bits per heavy atom. The summed E-state index contributed by atoms with van der Waals surface area (Å²) >= 11 is 1.51. The van der Waals surface area contributed by atoms with Gasteiger partial charge in [0.25, 0.3) is 0 Å². The summed E-state index contributed by atoms with van der Waals surface area (Å²) in [7, 11) is 0. The van der Waals surface area contributed by atoms with Crippen molar-refractivity contribution in [3.63, 3.8) is 0 Å². The molecule has 0 saturated carbocycles. The van der Waals surface area contributed by atoms with Crippen molar-refractivity contribution in [3.8, 4) is 0 Å². The number of aromatic amines is 1. The summed E-state index contributed by atoms with van der Waals surface area (Å²) in [5, 5.41) is 4.59. The van der Waals surface area contributed by atoms with Crippen molar-refractivity contribution in [2.24, 2.45) is 0 Å². The Balaban J connectivity index is 1.51. The molecule has 2 aromatic carbocycles. The van der Waals surface area contributed by atoms with Gasteiger partial charge in [-0.2, -0.15) is 0 Å². The number of carbonyl (C=O) groups excluding carboxylic acids is 1. The Bertz CT molecular complexity index is 763. The molecule has 0 aliphatic heterocycles. The molecular formula is C17H15N3OS. The molecule has 3 aromatic rings. The Morgan fingerprint density at radius 3 is 2.73 bits per heavy atom. The molecule has 0 radical (unpaired) electrons. The predicted octanol–water partition coefficient (Wildman–Crippen LogP) is 3.49. The third-order valence-electron chi connectivity index (χ3n) is 3.04. The quantitative estimate of drug-likeness (QED) is 0.560. The maximum Gasteiger partial charge on any atom is 0.244 e. The number of amides is 1. The zero-order valence-electron chi connectivity index (χ0n) is 11.8. The van der Waals surface area contributed by atoms with Crippen molar-refractivity contribution in [2.75, 3.05) is 0 Å². The summed E-state index contributed by atoms with van der Waals surface area (Å²) in [5.74, 6) is 0.613. The van der Waals surface area contributed by atoms with Crippen LogP contribution >= 0.6 is 11.8 Å². The van der Waals surface area contributed by atoms with E-state index in [0.717, 1.165) is 21.8 Å². The lowest BCUT2D eigenvalue weighted by molar-refractivity contribution is -0.116. The van der Waals surface area contributed by atoms with E-state index in [2.05, 4.69) is 15.3 Å². The van der Waals surface area contributed by atoms with E-state index >= 15 is 0 Å². The van der Waals surface area contributed by atoms with Crippen LogP contribution in [-0.2, 0) is 11.3 Å². The fraction of sp³-hybridized carbons (Fsp3) is 0.0588. The number of H-pyrrole nitrogens is 1. The van der Waals surface area contributed by atoms with Crippen molar-refractivity contribution in [1.29, 1.82) is 0 Å². The standard InChI is InChI=1S/C17H15N3OS/c21-17(10-11-22-13-6-2-1-3-7-13)18-12-16-19-14-8-4-5-9-15(14)20-16/h1-11H,12H2,(H,18,21)(H,19,20). The maximum absolute atomic E-state index is 11.8. The molecule has 0 unspecified atom stereocenters. The van der Waals surface area contributed by atoms with E-state index in [1.54, 1.807) is 5.41 Å². The number of imidazole rings is 1. The normalized spacial score (nSPS) is 11.1. The molecule has 0 aliphatic carbocycles. The second-order valence-electron chi connectivity index (χ2n) is 4.65. The molecule has 3 rings (SSSR count). The molecular weight excluding hydrogens is 294 g/mol. The minimum absolute atomic E-state index is 0.135. The first-order valence-corrected chi connectivity index (χ1v) is 7.79. The third kappa shape index (κ3) is 3.77. The molecule has 1 heterocycles. The van der Waals surface area contributed by atoms with Gasteiger partial charge < -0.3 is 10.3 Å².